The number of aliphatic hydroxyl groups is 1. The van der Waals surface area contributed by atoms with Gasteiger partial charge in [0.2, 0.25) is 5.91 Å². The first-order valence-electron chi connectivity index (χ1n) is 6.66. The van der Waals surface area contributed by atoms with Crippen molar-refractivity contribution in [3.63, 3.8) is 0 Å². The van der Waals surface area contributed by atoms with Gasteiger partial charge in [-0.25, -0.2) is 4.98 Å². The number of carbonyl (C=O) groups excluding carboxylic acids is 1. The predicted octanol–water partition coefficient (Wildman–Crippen LogP) is 2.40. The van der Waals surface area contributed by atoms with E-state index in [0.29, 0.717) is 19.0 Å². The standard InChI is InChI=1S/C14H16N2O2S2/c17-6-5-16(11-3-4-11)13(18)8-10-9-20-14(15-10)12-2-1-7-19-12/h1-2,7,9,11,17H,3-6,8H2. The number of hydrogen-bond donors (Lipinski definition) is 1. The van der Waals surface area contributed by atoms with E-state index in [4.69, 9.17) is 5.11 Å². The van der Waals surface area contributed by atoms with Crippen LogP contribution in [0.3, 0.4) is 0 Å². The maximum Gasteiger partial charge on any atom is 0.228 e. The minimum Gasteiger partial charge on any atom is -0.395 e. The van der Waals surface area contributed by atoms with Gasteiger partial charge in [-0.05, 0) is 24.3 Å². The lowest BCUT2D eigenvalue weighted by Crippen LogP contribution is -2.36. The summed E-state index contributed by atoms with van der Waals surface area (Å²) in [5, 5.41) is 14.0. The molecule has 1 aliphatic carbocycles. The summed E-state index contributed by atoms with van der Waals surface area (Å²) in [6, 6.07) is 4.38. The van der Waals surface area contributed by atoms with Gasteiger partial charge in [-0.2, -0.15) is 0 Å². The Balaban J connectivity index is 1.66. The van der Waals surface area contributed by atoms with Crippen molar-refractivity contribution in [2.75, 3.05) is 13.2 Å². The number of aromatic nitrogens is 1. The molecule has 6 heteroatoms. The van der Waals surface area contributed by atoms with Crippen LogP contribution in [0.15, 0.2) is 22.9 Å². The summed E-state index contributed by atoms with van der Waals surface area (Å²) >= 11 is 3.23. The third-order valence-electron chi connectivity index (χ3n) is 3.26. The monoisotopic (exact) mass is 308 g/mol. The van der Waals surface area contributed by atoms with Crippen LogP contribution in [0, 0.1) is 0 Å². The Bertz CT molecular complexity index is 576. The van der Waals surface area contributed by atoms with Crippen molar-refractivity contribution in [3.8, 4) is 9.88 Å². The Morgan fingerprint density at radius 3 is 2.95 bits per heavy atom. The van der Waals surface area contributed by atoms with Crippen molar-refractivity contribution in [2.45, 2.75) is 25.3 Å². The average Bonchev–Trinajstić information content (AvgIpc) is 2.93. The van der Waals surface area contributed by atoms with Crippen molar-refractivity contribution in [3.05, 3.63) is 28.6 Å². The van der Waals surface area contributed by atoms with Crippen molar-refractivity contribution in [1.29, 1.82) is 0 Å². The second-order valence-electron chi connectivity index (χ2n) is 4.84. The molecule has 1 N–H and O–H groups in total. The van der Waals surface area contributed by atoms with E-state index in [1.165, 1.54) is 0 Å². The van der Waals surface area contributed by atoms with Crippen LogP contribution in [0.25, 0.3) is 9.88 Å². The predicted molar refractivity (Wildman–Crippen MR) is 81.0 cm³/mol. The summed E-state index contributed by atoms with van der Waals surface area (Å²) in [7, 11) is 0. The molecular weight excluding hydrogens is 292 g/mol. The van der Waals surface area contributed by atoms with E-state index in [-0.39, 0.29) is 12.5 Å². The number of rotatable bonds is 6. The zero-order valence-corrected chi connectivity index (χ0v) is 12.6. The molecule has 1 fully saturated rings. The zero-order valence-electron chi connectivity index (χ0n) is 11.0. The number of thiazole rings is 1. The van der Waals surface area contributed by atoms with Crippen LogP contribution in [0.2, 0.25) is 0 Å². The van der Waals surface area contributed by atoms with Gasteiger partial charge in [0.15, 0.2) is 0 Å². The molecule has 3 rings (SSSR count). The molecule has 0 radical (unpaired) electrons. The molecule has 106 valence electrons. The van der Waals surface area contributed by atoms with Crippen LogP contribution in [0.5, 0.6) is 0 Å². The Morgan fingerprint density at radius 1 is 1.45 bits per heavy atom. The summed E-state index contributed by atoms with van der Waals surface area (Å²) in [5.41, 5.74) is 0.826. The van der Waals surface area contributed by atoms with Gasteiger partial charge in [0.1, 0.15) is 5.01 Å². The van der Waals surface area contributed by atoms with E-state index in [0.717, 1.165) is 28.4 Å². The molecule has 0 aromatic carbocycles. The number of hydrogen-bond acceptors (Lipinski definition) is 5. The average molecular weight is 308 g/mol. The number of carbonyl (C=O) groups is 1. The van der Waals surface area contributed by atoms with E-state index in [2.05, 4.69) is 4.98 Å². The van der Waals surface area contributed by atoms with Crippen LogP contribution in [-0.4, -0.2) is 40.1 Å². The highest BCUT2D eigenvalue weighted by atomic mass is 32.1. The molecule has 2 heterocycles. The first-order valence-corrected chi connectivity index (χ1v) is 8.42. The third kappa shape index (κ3) is 3.08. The summed E-state index contributed by atoms with van der Waals surface area (Å²) in [6.45, 7) is 0.463. The Hall–Kier alpha value is -1.24. The fourth-order valence-corrected chi connectivity index (χ4v) is 3.80. The molecule has 1 saturated carbocycles. The normalized spacial score (nSPS) is 14.4. The fraction of sp³-hybridized carbons (Fsp3) is 0.429. The Kier molecular flexibility index (Phi) is 4.14. The quantitative estimate of drug-likeness (QED) is 0.891. The van der Waals surface area contributed by atoms with Crippen LogP contribution >= 0.6 is 22.7 Å². The second-order valence-corrected chi connectivity index (χ2v) is 6.65. The smallest absolute Gasteiger partial charge is 0.228 e. The first-order chi connectivity index (χ1) is 9.78. The van der Waals surface area contributed by atoms with Crippen molar-refractivity contribution < 1.29 is 9.90 Å². The van der Waals surface area contributed by atoms with E-state index in [1.807, 2.05) is 22.9 Å². The fourth-order valence-electron chi connectivity index (χ4n) is 2.16. The topological polar surface area (TPSA) is 53.4 Å². The number of nitrogens with zero attached hydrogens (tertiary/aromatic N) is 2. The van der Waals surface area contributed by atoms with E-state index < -0.39 is 0 Å². The van der Waals surface area contributed by atoms with Gasteiger partial charge in [0.25, 0.3) is 0 Å². The van der Waals surface area contributed by atoms with Crippen LogP contribution in [0.1, 0.15) is 18.5 Å². The van der Waals surface area contributed by atoms with Crippen molar-refractivity contribution in [1.82, 2.24) is 9.88 Å². The minimum atomic E-state index is 0.0275. The van der Waals surface area contributed by atoms with Gasteiger partial charge in [-0.3, -0.25) is 4.79 Å². The van der Waals surface area contributed by atoms with Crippen LogP contribution in [-0.2, 0) is 11.2 Å². The zero-order chi connectivity index (χ0) is 13.9. The SMILES string of the molecule is O=C(Cc1csc(-c2cccs2)n1)N(CCO)C1CC1. The highest BCUT2D eigenvalue weighted by molar-refractivity contribution is 7.20. The maximum absolute atomic E-state index is 12.3. The van der Waals surface area contributed by atoms with Gasteiger partial charge in [-0.15, -0.1) is 22.7 Å². The minimum absolute atomic E-state index is 0.0275. The van der Waals surface area contributed by atoms with Crippen molar-refractivity contribution >= 4 is 28.6 Å². The number of aliphatic hydroxyl groups excluding tert-OH is 1. The Morgan fingerprint density at radius 2 is 2.30 bits per heavy atom. The molecule has 4 nitrogen and oxygen atoms in total. The van der Waals surface area contributed by atoms with E-state index >= 15 is 0 Å². The lowest BCUT2D eigenvalue weighted by molar-refractivity contribution is -0.131. The molecule has 0 bridgehead atoms. The molecule has 0 aliphatic heterocycles. The molecule has 2 aromatic heterocycles. The summed E-state index contributed by atoms with van der Waals surface area (Å²) in [5.74, 6) is 0.0737. The highest BCUT2D eigenvalue weighted by Gasteiger charge is 2.32. The highest BCUT2D eigenvalue weighted by Crippen LogP contribution is 2.29. The summed E-state index contributed by atoms with van der Waals surface area (Å²) in [6.07, 6.45) is 2.45. The lowest BCUT2D eigenvalue weighted by Gasteiger charge is -2.20. The maximum atomic E-state index is 12.3. The molecule has 0 atom stereocenters. The Labute approximate surface area is 125 Å². The van der Waals surface area contributed by atoms with Gasteiger partial charge in [0.05, 0.1) is 23.6 Å². The van der Waals surface area contributed by atoms with E-state index in [1.54, 1.807) is 27.6 Å². The molecule has 2 aromatic rings. The molecule has 1 amide bonds. The van der Waals surface area contributed by atoms with E-state index in [9.17, 15) is 4.79 Å². The summed E-state index contributed by atoms with van der Waals surface area (Å²) < 4.78 is 0. The van der Waals surface area contributed by atoms with Crippen molar-refractivity contribution in [2.24, 2.45) is 0 Å². The molecule has 0 saturated heterocycles. The molecule has 0 spiro atoms. The third-order valence-corrected chi connectivity index (χ3v) is 5.20. The largest absolute Gasteiger partial charge is 0.395 e. The molecule has 20 heavy (non-hydrogen) atoms. The van der Waals surface area contributed by atoms with Gasteiger partial charge in [0, 0.05) is 18.0 Å². The number of amides is 1. The van der Waals surface area contributed by atoms with Gasteiger partial charge >= 0.3 is 0 Å². The first kappa shape index (κ1) is 13.7. The van der Waals surface area contributed by atoms with Gasteiger partial charge in [-0.1, -0.05) is 6.07 Å². The molecule has 1 aliphatic rings. The lowest BCUT2D eigenvalue weighted by atomic mass is 10.3. The molecule has 0 unspecified atom stereocenters. The second kappa shape index (κ2) is 6.03. The summed E-state index contributed by atoms with van der Waals surface area (Å²) in [4.78, 5) is 19.7. The molecular formula is C14H16N2O2S2. The number of thiophene rings is 1. The van der Waals surface area contributed by atoms with Crippen LogP contribution in [0.4, 0.5) is 0 Å². The van der Waals surface area contributed by atoms with Crippen LogP contribution < -0.4 is 0 Å². The van der Waals surface area contributed by atoms with Gasteiger partial charge < -0.3 is 10.0 Å².